The van der Waals surface area contributed by atoms with Crippen LogP contribution < -0.4 is 0 Å². The molecule has 0 spiro atoms. The van der Waals surface area contributed by atoms with Gasteiger partial charge in [0.2, 0.25) is 0 Å². The van der Waals surface area contributed by atoms with Crippen molar-refractivity contribution in [3.05, 3.63) is 18.0 Å². The van der Waals surface area contributed by atoms with Crippen LogP contribution in [-0.4, -0.2) is 13.6 Å². The van der Waals surface area contributed by atoms with Crippen LogP contribution in [-0.2, 0) is 15.2 Å². The van der Waals surface area contributed by atoms with Crippen molar-refractivity contribution >= 4 is 11.0 Å². The summed E-state index contributed by atoms with van der Waals surface area (Å²) in [5.74, 6) is 0. The van der Waals surface area contributed by atoms with E-state index in [0.29, 0.717) is 5.69 Å². The molecule has 0 fully saturated rings. The maximum absolute atomic E-state index is 10.1. The molecule has 0 amide bonds. The smallest absolute Gasteiger partial charge is 0.257 e. The molecule has 0 radical (unpaired) electrons. The van der Waals surface area contributed by atoms with Gasteiger partial charge in [-0.1, -0.05) is 5.16 Å². The Hall–Kier alpha value is -0.880. The van der Waals surface area contributed by atoms with E-state index in [4.69, 9.17) is 0 Å². The zero-order valence-electron chi connectivity index (χ0n) is 5.76. The molecule has 1 heterocycles. The lowest BCUT2D eigenvalue weighted by Crippen LogP contribution is -1.98. The number of hydrogen-bond donors (Lipinski definition) is 1. The second-order valence-corrected chi connectivity index (χ2v) is 2.55. The molecular weight excluding hydrogens is 170 g/mol. The van der Waals surface area contributed by atoms with Gasteiger partial charge < -0.3 is 4.52 Å². The van der Waals surface area contributed by atoms with Crippen molar-refractivity contribution in [1.29, 1.82) is 0 Å². The lowest BCUT2D eigenvalue weighted by molar-refractivity contribution is 0.232. The minimum Gasteiger partial charge on any atom is -0.364 e. The van der Waals surface area contributed by atoms with E-state index < -0.39 is 17.1 Å². The van der Waals surface area contributed by atoms with E-state index in [-0.39, 0.29) is 0 Å². The van der Waals surface area contributed by atoms with Crippen LogP contribution in [0.5, 0.6) is 0 Å². The lowest BCUT2D eigenvalue weighted by atomic mass is 10.3. The zero-order valence-corrected chi connectivity index (χ0v) is 6.65. The van der Waals surface area contributed by atoms with Gasteiger partial charge in [-0.15, -0.1) is 0 Å². The number of hydrogen-bond acceptors (Lipinski definition) is 5. The second kappa shape index (κ2) is 3.49. The summed E-state index contributed by atoms with van der Waals surface area (Å²) >= 11 is 0. The summed E-state index contributed by atoms with van der Waals surface area (Å²) in [7, 11) is -2.83. The lowest BCUT2D eigenvalue weighted by Gasteiger charge is -2.00. The third-order valence-corrected chi connectivity index (χ3v) is 1.61. The van der Waals surface area contributed by atoms with Crippen LogP contribution in [0.4, 0.5) is 0 Å². The van der Waals surface area contributed by atoms with E-state index in [1.54, 1.807) is 13.0 Å². The first-order valence-corrected chi connectivity index (χ1v) is 4.01. The molecule has 0 bridgehead atoms. The van der Waals surface area contributed by atoms with Gasteiger partial charge in [0, 0.05) is 6.07 Å². The molecule has 1 atom stereocenters. The van der Waals surface area contributed by atoms with E-state index >= 15 is 0 Å². The van der Waals surface area contributed by atoms with Gasteiger partial charge in [0.1, 0.15) is 18.1 Å². The Bertz CT molecular complexity index is 271. The highest BCUT2D eigenvalue weighted by Crippen LogP contribution is 2.13. The highest BCUT2D eigenvalue weighted by Gasteiger charge is 2.09. The zero-order chi connectivity index (χ0) is 8.27. The monoisotopic (exact) mass is 177 g/mol. The Balaban J connectivity index is 2.63. The fourth-order valence-corrected chi connectivity index (χ4v) is 0.981. The summed E-state index contributed by atoms with van der Waals surface area (Å²) in [4.78, 5) is 0. The van der Waals surface area contributed by atoms with Gasteiger partial charge in [-0.05, 0) is 6.92 Å². The molecule has 11 heavy (non-hydrogen) atoms. The number of nitrogens with zero attached hydrogens (tertiary/aromatic N) is 1. The normalized spacial score (nSPS) is 13.6. The Labute approximate surface area is 65.1 Å². The Kier molecular flexibility index (Phi) is 2.61. The second-order valence-electron chi connectivity index (χ2n) is 1.90. The highest BCUT2D eigenvalue weighted by atomic mass is 32.2. The van der Waals surface area contributed by atoms with Crippen molar-refractivity contribution in [1.82, 2.24) is 5.16 Å². The van der Waals surface area contributed by atoms with Crippen molar-refractivity contribution in [2.24, 2.45) is 0 Å². The minimum absolute atomic E-state index is 0.462. The molecule has 0 aliphatic carbocycles. The van der Waals surface area contributed by atoms with Gasteiger partial charge in [0.15, 0.2) is 0 Å². The number of thiol groups is 1. The molecule has 1 rings (SSSR count). The standard InChI is InChI=1S/C5H7NO4S/c1-4(10-11(7)8)5-2-3-9-6-5/h2-4,11H,1H3. The van der Waals surface area contributed by atoms with Crippen LogP contribution >= 0.6 is 0 Å². The molecule has 0 N–H and O–H groups in total. The van der Waals surface area contributed by atoms with Crippen molar-refractivity contribution in [3.63, 3.8) is 0 Å². The van der Waals surface area contributed by atoms with Crippen molar-refractivity contribution in [3.8, 4) is 0 Å². The van der Waals surface area contributed by atoms with Crippen molar-refractivity contribution in [2.45, 2.75) is 13.0 Å². The van der Waals surface area contributed by atoms with Gasteiger partial charge in [-0.25, -0.2) is 8.42 Å². The minimum atomic E-state index is -2.83. The largest absolute Gasteiger partial charge is 0.364 e. The summed E-state index contributed by atoms with van der Waals surface area (Å²) in [6.45, 7) is 1.57. The van der Waals surface area contributed by atoms with E-state index in [1.807, 2.05) is 0 Å². The van der Waals surface area contributed by atoms with Gasteiger partial charge in [-0.2, -0.15) is 0 Å². The SMILES string of the molecule is CC(O[SH](=O)=O)c1ccon1. The number of aromatic nitrogens is 1. The molecule has 62 valence electrons. The van der Waals surface area contributed by atoms with E-state index in [9.17, 15) is 8.42 Å². The predicted molar refractivity (Wildman–Crippen MR) is 36.3 cm³/mol. The van der Waals surface area contributed by atoms with Gasteiger partial charge in [0.05, 0.1) is 0 Å². The Morgan fingerprint density at radius 1 is 1.73 bits per heavy atom. The Morgan fingerprint density at radius 2 is 2.45 bits per heavy atom. The maximum atomic E-state index is 10.1. The summed E-state index contributed by atoms with van der Waals surface area (Å²) in [6.07, 6.45) is 0.780. The molecule has 5 nitrogen and oxygen atoms in total. The fourth-order valence-electron chi connectivity index (χ4n) is 0.615. The van der Waals surface area contributed by atoms with Gasteiger partial charge in [-0.3, -0.25) is 4.18 Å². The first kappa shape index (κ1) is 8.22. The molecule has 6 heteroatoms. The molecule has 0 saturated heterocycles. The average Bonchev–Trinajstić information content (AvgIpc) is 2.35. The molecule has 0 aliphatic heterocycles. The number of rotatable bonds is 3. The summed E-state index contributed by atoms with van der Waals surface area (Å²) in [5, 5.41) is 3.50. The molecule has 1 unspecified atom stereocenters. The van der Waals surface area contributed by atoms with E-state index in [1.165, 1.54) is 6.26 Å². The summed E-state index contributed by atoms with van der Waals surface area (Å²) < 4.78 is 29.0. The average molecular weight is 177 g/mol. The van der Waals surface area contributed by atoms with Crippen molar-refractivity contribution in [2.75, 3.05) is 0 Å². The van der Waals surface area contributed by atoms with Crippen LogP contribution in [0.2, 0.25) is 0 Å². The highest BCUT2D eigenvalue weighted by molar-refractivity contribution is 7.67. The topological polar surface area (TPSA) is 69.4 Å². The molecule has 1 aromatic heterocycles. The molecule has 0 saturated carbocycles. The fraction of sp³-hybridized carbons (Fsp3) is 0.400. The van der Waals surface area contributed by atoms with Crippen LogP contribution in [0.25, 0.3) is 0 Å². The predicted octanol–water partition coefficient (Wildman–Crippen LogP) is 0.279. The maximum Gasteiger partial charge on any atom is 0.257 e. The van der Waals surface area contributed by atoms with Crippen molar-refractivity contribution < 1.29 is 17.1 Å². The van der Waals surface area contributed by atoms with E-state index in [2.05, 4.69) is 13.9 Å². The third kappa shape index (κ3) is 2.32. The van der Waals surface area contributed by atoms with Crippen LogP contribution in [0.15, 0.2) is 16.9 Å². The van der Waals surface area contributed by atoms with Crippen LogP contribution in [0, 0.1) is 0 Å². The molecule has 0 aromatic carbocycles. The first-order chi connectivity index (χ1) is 5.20. The Morgan fingerprint density at radius 3 is 2.91 bits per heavy atom. The van der Waals surface area contributed by atoms with Gasteiger partial charge >= 0.3 is 0 Å². The van der Waals surface area contributed by atoms with Crippen LogP contribution in [0.3, 0.4) is 0 Å². The summed E-state index contributed by atoms with van der Waals surface area (Å²) in [6, 6.07) is 1.55. The molecule has 0 aliphatic rings. The van der Waals surface area contributed by atoms with Gasteiger partial charge in [0.25, 0.3) is 11.0 Å². The molecular formula is C5H7NO4S. The first-order valence-electron chi connectivity index (χ1n) is 2.91. The quantitative estimate of drug-likeness (QED) is 0.671. The van der Waals surface area contributed by atoms with E-state index in [0.717, 1.165) is 0 Å². The third-order valence-electron chi connectivity index (χ3n) is 1.12. The summed E-state index contributed by atoms with van der Waals surface area (Å²) in [5.41, 5.74) is 0.462. The molecule has 1 aromatic rings. The van der Waals surface area contributed by atoms with Crippen LogP contribution in [0.1, 0.15) is 18.7 Å².